The van der Waals surface area contributed by atoms with Gasteiger partial charge in [-0.3, -0.25) is 4.90 Å². The van der Waals surface area contributed by atoms with E-state index in [1.165, 1.54) is 13.0 Å². The highest BCUT2D eigenvalue weighted by molar-refractivity contribution is 4.97. The van der Waals surface area contributed by atoms with Crippen LogP contribution in [0.3, 0.4) is 0 Å². The number of hydrogen-bond donors (Lipinski definition) is 0. The predicted octanol–water partition coefficient (Wildman–Crippen LogP) is 2.93. The molecule has 13 heavy (non-hydrogen) atoms. The summed E-state index contributed by atoms with van der Waals surface area (Å²) in [6.07, 6.45) is 5.88. The second-order valence-corrected chi connectivity index (χ2v) is 4.87. The highest BCUT2D eigenvalue weighted by atomic mass is 15.2. The first-order valence-corrected chi connectivity index (χ1v) is 5.50. The molecule has 0 aromatic rings. The minimum Gasteiger partial charge on any atom is -0.296 e. The predicted molar refractivity (Wildman–Crippen MR) is 58.8 cm³/mol. The van der Waals surface area contributed by atoms with Gasteiger partial charge in [0, 0.05) is 19.1 Å². The first-order valence-electron chi connectivity index (χ1n) is 5.50. The molecule has 0 aromatic heterocycles. The van der Waals surface area contributed by atoms with E-state index >= 15 is 0 Å². The van der Waals surface area contributed by atoms with Crippen LogP contribution in [0, 0.1) is 11.8 Å². The van der Waals surface area contributed by atoms with Gasteiger partial charge in [-0.2, -0.15) is 0 Å². The van der Waals surface area contributed by atoms with Crippen molar-refractivity contribution in [2.75, 3.05) is 13.1 Å². The summed E-state index contributed by atoms with van der Waals surface area (Å²) in [6.45, 7) is 11.7. The molecule has 1 nitrogen and oxygen atoms in total. The SMILES string of the molecule is CC(C)CN1CC=CCC1C(C)C. The average molecular weight is 181 g/mol. The molecule has 1 heterocycles. The van der Waals surface area contributed by atoms with Gasteiger partial charge in [-0.15, -0.1) is 0 Å². The Balaban J connectivity index is 2.53. The molecule has 1 rings (SSSR count). The zero-order chi connectivity index (χ0) is 9.84. The van der Waals surface area contributed by atoms with Gasteiger partial charge in [0.2, 0.25) is 0 Å². The van der Waals surface area contributed by atoms with Gasteiger partial charge >= 0.3 is 0 Å². The van der Waals surface area contributed by atoms with Crippen molar-refractivity contribution in [3.05, 3.63) is 12.2 Å². The largest absolute Gasteiger partial charge is 0.296 e. The Morgan fingerprint density at radius 1 is 1.23 bits per heavy atom. The zero-order valence-corrected chi connectivity index (χ0v) is 9.46. The maximum atomic E-state index is 2.62. The van der Waals surface area contributed by atoms with E-state index in [2.05, 4.69) is 44.7 Å². The minimum atomic E-state index is 0.771. The Hall–Kier alpha value is -0.300. The number of rotatable bonds is 3. The van der Waals surface area contributed by atoms with Gasteiger partial charge in [0.25, 0.3) is 0 Å². The van der Waals surface area contributed by atoms with Crippen LogP contribution in [-0.2, 0) is 0 Å². The van der Waals surface area contributed by atoms with E-state index in [-0.39, 0.29) is 0 Å². The van der Waals surface area contributed by atoms with Crippen LogP contribution in [0.25, 0.3) is 0 Å². The molecule has 0 amide bonds. The fourth-order valence-electron chi connectivity index (χ4n) is 2.10. The lowest BCUT2D eigenvalue weighted by atomic mass is 9.95. The van der Waals surface area contributed by atoms with E-state index in [4.69, 9.17) is 0 Å². The summed E-state index contributed by atoms with van der Waals surface area (Å²) in [6, 6.07) is 0.771. The molecule has 0 fully saturated rings. The van der Waals surface area contributed by atoms with Crippen molar-refractivity contribution in [1.29, 1.82) is 0 Å². The zero-order valence-electron chi connectivity index (χ0n) is 9.46. The quantitative estimate of drug-likeness (QED) is 0.605. The lowest BCUT2D eigenvalue weighted by Crippen LogP contribution is -2.42. The van der Waals surface area contributed by atoms with E-state index in [9.17, 15) is 0 Å². The summed E-state index contributed by atoms with van der Waals surface area (Å²) in [4.78, 5) is 2.62. The standard InChI is InChI=1S/C12H23N/c1-10(2)9-13-8-6-5-7-12(13)11(3)4/h5-6,10-12H,7-9H2,1-4H3. The Bertz CT molecular complexity index is 170. The van der Waals surface area contributed by atoms with Crippen molar-refractivity contribution in [3.8, 4) is 0 Å². The van der Waals surface area contributed by atoms with Crippen LogP contribution in [0.5, 0.6) is 0 Å². The highest BCUT2D eigenvalue weighted by Gasteiger charge is 2.22. The second kappa shape index (κ2) is 4.80. The van der Waals surface area contributed by atoms with Crippen LogP contribution in [-0.4, -0.2) is 24.0 Å². The van der Waals surface area contributed by atoms with Crippen LogP contribution in [0.1, 0.15) is 34.1 Å². The van der Waals surface area contributed by atoms with Crippen molar-refractivity contribution >= 4 is 0 Å². The van der Waals surface area contributed by atoms with E-state index in [1.54, 1.807) is 0 Å². The number of hydrogen-bond acceptors (Lipinski definition) is 1. The molecule has 0 radical (unpaired) electrons. The van der Waals surface area contributed by atoms with Gasteiger partial charge in [0.1, 0.15) is 0 Å². The third-order valence-electron chi connectivity index (χ3n) is 2.72. The number of nitrogens with zero attached hydrogens (tertiary/aromatic N) is 1. The molecule has 0 bridgehead atoms. The molecule has 1 aliphatic rings. The van der Waals surface area contributed by atoms with Crippen molar-refractivity contribution in [1.82, 2.24) is 4.90 Å². The Morgan fingerprint density at radius 2 is 1.92 bits per heavy atom. The van der Waals surface area contributed by atoms with E-state index in [0.29, 0.717) is 0 Å². The summed E-state index contributed by atoms with van der Waals surface area (Å²) >= 11 is 0. The molecule has 0 saturated carbocycles. The molecule has 1 aliphatic heterocycles. The van der Waals surface area contributed by atoms with Gasteiger partial charge in [-0.1, -0.05) is 39.8 Å². The van der Waals surface area contributed by atoms with Crippen LogP contribution in [0.4, 0.5) is 0 Å². The van der Waals surface area contributed by atoms with Gasteiger partial charge in [0.05, 0.1) is 0 Å². The summed E-state index contributed by atoms with van der Waals surface area (Å²) in [5.74, 6) is 1.57. The van der Waals surface area contributed by atoms with Crippen LogP contribution < -0.4 is 0 Å². The smallest absolute Gasteiger partial charge is 0.0166 e. The molecule has 0 saturated heterocycles. The fraction of sp³-hybridized carbons (Fsp3) is 0.833. The topological polar surface area (TPSA) is 3.24 Å². The summed E-state index contributed by atoms with van der Waals surface area (Å²) < 4.78 is 0. The normalized spacial score (nSPS) is 24.6. The molecular formula is C12H23N. The molecule has 1 heteroatoms. The molecule has 1 unspecified atom stereocenters. The molecule has 0 N–H and O–H groups in total. The summed E-state index contributed by atoms with van der Waals surface area (Å²) in [5.41, 5.74) is 0. The third-order valence-corrected chi connectivity index (χ3v) is 2.72. The van der Waals surface area contributed by atoms with Crippen LogP contribution in [0.2, 0.25) is 0 Å². The first-order chi connectivity index (χ1) is 6.11. The van der Waals surface area contributed by atoms with Crippen molar-refractivity contribution in [2.24, 2.45) is 11.8 Å². The maximum Gasteiger partial charge on any atom is 0.0166 e. The highest BCUT2D eigenvalue weighted by Crippen LogP contribution is 2.19. The molecule has 0 aliphatic carbocycles. The van der Waals surface area contributed by atoms with E-state index in [0.717, 1.165) is 24.4 Å². The minimum absolute atomic E-state index is 0.771. The second-order valence-electron chi connectivity index (χ2n) is 4.87. The summed E-state index contributed by atoms with van der Waals surface area (Å²) in [5, 5.41) is 0. The maximum absolute atomic E-state index is 2.62. The van der Waals surface area contributed by atoms with Gasteiger partial charge in [-0.05, 0) is 18.3 Å². The van der Waals surface area contributed by atoms with Crippen LogP contribution in [0.15, 0.2) is 12.2 Å². The van der Waals surface area contributed by atoms with Gasteiger partial charge in [-0.25, -0.2) is 0 Å². The van der Waals surface area contributed by atoms with Gasteiger partial charge < -0.3 is 0 Å². The lowest BCUT2D eigenvalue weighted by molar-refractivity contribution is 0.147. The Labute approximate surface area is 82.8 Å². The summed E-state index contributed by atoms with van der Waals surface area (Å²) in [7, 11) is 0. The lowest BCUT2D eigenvalue weighted by Gasteiger charge is -2.36. The fourth-order valence-corrected chi connectivity index (χ4v) is 2.10. The van der Waals surface area contributed by atoms with E-state index in [1.807, 2.05) is 0 Å². The Morgan fingerprint density at radius 3 is 2.46 bits per heavy atom. The molecular weight excluding hydrogens is 158 g/mol. The molecule has 76 valence electrons. The van der Waals surface area contributed by atoms with Crippen LogP contribution >= 0.6 is 0 Å². The first kappa shape index (κ1) is 10.8. The van der Waals surface area contributed by atoms with Crippen molar-refractivity contribution in [3.63, 3.8) is 0 Å². The Kier molecular flexibility index (Phi) is 3.98. The molecule has 0 spiro atoms. The van der Waals surface area contributed by atoms with Crippen molar-refractivity contribution in [2.45, 2.75) is 40.2 Å². The molecule has 0 aromatic carbocycles. The van der Waals surface area contributed by atoms with Crippen molar-refractivity contribution < 1.29 is 0 Å². The monoisotopic (exact) mass is 181 g/mol. The average Bonchev–Trinajstić information content (AvgIpc) is 2.03. The third kappa shape index (κ3) is 3.15. The van der Waals surface area contributed by atoms with Gasteiger partial charge in [0.15, 0.2) is 0 Å². The molecule has 1 atom stereocenters. The van der Waals surface area contributed by atoms with E-state index < -0.39 is 0 Å².